The molecule has 0 aliphatic carbocycles. The highest BCUT2D eigenvalue weighted by molar-refractivity contribution is 6.32. The van der Waals surface area contributed by atoms with E-state index >= 15 is 0 Å². The molecule has 1 aromatic carbocycles. The minimum atomic E-state index is -2.60. The highest BCUT2D eigenvalue weighted by Crippen LogP contribution is 2.30. The Hall–Kier alpha value is -2.31. The number of alkyl halides is 2. The first-order valence-electron chi connectivity index (χ1n) is 6.46. The van der Waals surface area contributed by atoms with Crippen molar-refractivity contribution in [1.82, 2.24) is 5.32 Å². The second-order valence-corrected chi connectivity index (χ2v) is 4.62. The number of carbonyl (C=O) groups is 1. The van der Waals surface area contributed by atoms with E-state index in [0.29, 0.717) is 22.4 Å². The zero-order valence-corrected chi connectivity index (χ0v) is 12.1. The molecule has 1 aromatic rings. The van der Waals surface area contributed by atoms with Gasteiger partial charge in [0, 0.05) is 11.8 Å². The molecule has 2 radical (unpaired) electrons. The third-order valence-electron chi connectivity index (χ3n) is 3.25. The van der Waals surface area contributed by atoms with Crippen molar-refractivity contribution in [2.75, 3.05) is 14.2 Å². The highest BCUT2D eigenvalue weighted by atomic mass is 19.3. The van der Waals surface area contributed by atoms with Gasteiger partial charge >= 0.3 is 5.97 Å². The molecule has 1 heterocycles. The molecule has 0 fully saturated rings. The number of ether oxygens (including phenoxy) is 2. The minimum Gasteiger partial charge on any atom is -0.495 e. The van der Waals surface area contributed by atoms with Crippen LogP contribution < -0.4 is 10.8 Å². The van der Waals surface area contributed by atoms with E-state index in [-0.39, 0.29) is 5.56 Å². The van der Waals surface area contributed by atoms with Crippen LogP contribution in [0.3, 0.4) is 0 Å². The number of allylic oxidation sites excluding steroid dienone is 1. The number of hydrogen-bond donors (Lipinski definition) is 1. The molecule has 7 heteroatoms. The van der Waals surface area contributed by atoms with E-state index in [4.69, 9.17) is 17.3 Å². The van der Waals surface area contributed by atoms with Gasteiger partial charge in [0.2, 0.25) is 0 Å². The van der Waals surface area contributed by atoms with Crippen LogP contribution in [-0.4, -0.2) is 40.5 Å². The average molecular weight is 305 g/mol. The molecule has 0 saturated heterocycles. The molecule has 0 amide bonds. The number of methoxy groups -OCH3 is 2. The Labute approximate surface area is 128 Å². The Bertz CT molecular complexity index is 644. The van der Waals surface area contributed by atoms with Crippen LogP contribution >= 0.6 is 0 Å². The summed E-state index contributed by atoms with van der Waals surface area (Å²) >= 11 is 0. The molecule has 114 valence electrons. The predicted octanol–water partition coefficient (Wildman–Crippen LogP) is 1.38. The number of nitrogens with one attached hydrogen (secondary N) is 1. The molecule has 0 bridgehead atoms. The zero-order chi connectivity index (χ0) is 16.3. The molecule has 4 nitrogen and oxygen atoms in total. The molecule has 1 N–H and O–H groups in total. The van der Waals surface area contributed by atoms with Crippen LogP contribution in [0.1, 0.15) is 15.9 Å². The standard InChI is InChI=1S/C15H14BF2NO3/c1-21-13-7-19-12(14(17)18)6-11(13)10-5-8(16)3-4-9(10)15(20)22-2/h3-7,12,14,19H,1-2H3. The lowest BCUT2D eigenvalue weighted by molar-refractivity contribution is 0.0600. The van der Waals surface area contributed by atoms with E-state index in [1.54, 1.807) is 0 Å². The largest absolute Gasteiger partial charge is 0.495 e. The van der Waals surface area contributed by atoms with Crippen molar-refractivity contribution in [3.63, 3.8) is 0 Å². The lowest BCUT2D eigenvalue weighted by Gasteiger charge is -2.23. The van der Waals surface area contributed by atoms with E-state index in [9.17, 15) is 13.6 Å². The Balaban J connectivity index is 2.58. The topological polar surface area (TPSA) is 47.6 Å². The predicted molar refractivity (Wildman–Crippen MR) is 79.2 cm³/mol. The number of carbonyl (C=O) groups excluding carboxylic acids is 1. The zero-order valence-electron chi connectivity index (χ0n) is 12.1. The van der Waals surface area contributed by atoms with Crippen molar-refractivity contribution < 1.29 is 23.0 Å². The van der Waals surface area contributed by atoms with Crippen LogP contribution in [0.4, 0.5) is 8.78 Å². The van der Waals surface area contributed by atoms with Gasteiger partial charge in [-0.1, -0.05) is 17.6 Å². The summed E-state index contributed by atoms with van der Waals surface area (Å²) in [6.45, 7) is 0. The van der Waals surface area contributed by atoms with Crippen molar-refractivity contribution in [1.29, 1.82) is 0 Å². The first-order chi connectivity index (χ1) is 10.5. The SMILES string of the molecule is [B]c1ccc(C(=O)OC)c(C2=CC(C(F)F)NC=C2OC)c1. The van der Waals surface area contributed by atoms with Gasteiger partial charge in [-0.15, -0.1) is 0 Å². The number of benzene rings is 1. The summed E-state index contributed by atoms with van der Waals surface area (Å²) in [6, 6.07) is 3.38. The Morgan fingerprint density at radius 2 is 2.09 bits per heavy atom. The molecule has 0 aromatic heterocycles. The van der Waals surface area contributed by atoms with Crippen LogP contribution in [0.5, 0.6) is 0 Å². The average Bonchev–Trinajstić information content (AvgIpc) is 2.53. The summed E-state index contributed by atoms with van der Waals surface area (Å²) in [7, 11) is 8.41. The van der Waals surface area contributed by atoms with Crippen LogP contribution in [0, 0.1) is 0 Å². The molecular weight excluding hydrogens is 291 g/mol. The van der Waals surface area contributed by atoms with Gasteiger partial charge in [-0.05, 0) is 17.7 Å². The van der Waals surface area contributed by atoms with Gasteiger partial charge in [0.1, 0.15) is 19.6 Å². The fourth-order valence-electron chi connectivity index (χ4n) is 2.17. The van der Waals surface area contributed by atoms with E-state index in [1.165, 1.54) is 44.7 Å². The molecule has 1 atom stereocenters. The maximum absolute atomic E-state index is 13.0. The van der Waals surface area contributed by atoms with Gasteiger partial charge in [0.05, 0.1) is 19.8 Å². The maximum atomic E-state index is 13.0. The summed E-state index contributed by atoms with van der Waals surface area (Å²) in [5.41, 5.74) is 1.36. The maximum Gasteiger partial charge on any atom is 0.338 e. The minimum absolute atomic E-state index is 0.223. The monoisotopic (exact) mass is 305 g/mol. The lowest BCUT2D eigenvalue weighted by atomic mass is 9.87. The first-order valence-corrected chi connectivity index (χ1v) is 6.46. The van der Waals surface area contributed by atoms with Gasteiger partial charge in [0.15, 0.2) is 0 Å². The summed E-state index contributed by atoms with van der Waals surface area (Å²) in [6.07, 6.45) is 0.0495. The molecular formula is C15H14BF2NO3. The van der Waals surface area contributed by atoms with Crippen molar-refractivity contribution in [2.45, 2.75) is 12.5 Å². The van der Waals surface area contributed by atoms with E-state index in [0.717, 1.165) is 0 Å². The molecule has 1 unspecified atom stereocenters. The summed E-state index contributed by atoms with van der Waals surface area (Å²) in [4.78, 5) is 11.9. The molecule has 1 aliphatic rings. The van der Waals surface area contributed by atoms with E-state index in [2.05, 4.69) is 5.32 Å². The second-order valence-electron chi connectivity index (χ2n) is 4.62. The fraction of sp³-hybridized carbons (Fsp3) is 0.267. The summed E-state index contributed by atoms with van der Waals surface area (Å²) in [5, 5.41) is 2.54. The number of halogens is 2. The molecule has 0 saturated carbocycles. The van der Waals surface area contributed by atoms with Gasteiger partial charge in [0.25, 0.3) is 6.43 Å². The van der Waals surface area contributed by atoms with Crippen LogP contribution in [0.25, 0.3) is 5.57 Å². The van der Waals surface area contributed by atoms with Crippen LogP contribution in [-0.2, 0) is 9.47 Å². The number of esters is 1. The Morgan fingerprint density at radius 3 is 2.68 bits per heavy atom. The van der Waals surface area contributed by atoms with Crippen molar-refractivity contribution in [2.24, 2.45) is 0 Å². The van der Waals surface area contributed by atoms with Crippen LogP contribution in [0.2, 0.25) is 0 Å². The Kier molecular flexibility index (Phi) is 4.85. The lowest BCUT2D eigenvalue weighted by Crippen LogP contribution is -2.33. The van der Waals surface area contributed by atoms with Crippen molar-refractivity contribution in [3.05, 3.63) is 47.4 Å². The third kappa shape index (κ3) is 3.13. The molecule has 2 rings (SSSR count). The van der Waals surface area contributed by atoms with Crippen molar-refractivity contribution >= 4 is 24.9 Å². The number of hydrogen-bond acceptors (Lipinski definition) is 4. The highest BCUT2D eigenvalue weighted by Gasteiger charge is 2.26. The molecule has 0 spiro atoms. The van der Waals surface area contributed by atoms with Crippen molar-refractivity contribution in [3.8, 4) is 0 Å². The van der Waals surface area contributed by atoms with E-state index in [1.807, 2.05) is 0 Å². The quantitative estimate of drug-likeness (QED) is 0.674. The van der Waals surface area contributed by atoms with Crippen LogP contribution in [0.15, 0.2) is 36.2 Å². The molecule has 22 heavy (non-hydrogen) atoms. The summed E-state index contributed by atoms with van der Waals surface area (Å²) < 4.78 is 35.8. The van der Waals surface area contributed by atoms with E-state index < -0.39 is 18.4 Å². The van der Waals surface area contributed by atoms with Gasteiger partial charge in [-0.25, -0.2) is 13.6 Å². The number of dihydropyridines is 1. The number of rotatable bonds is 4. The van der Waals surface area contributed by atoms with Gasteiger partial charge in [-0.2, -0.15) is 0 Å². The summed E-state index contributed by atoms with van der Waals surface area (Å²) in [5.74, 6) is -0.258. The van der Waals surface area contributed by atoms with Gasteiger partial charge in [-0.3, -0.25) is 0 Å². The van der Waals surface area contributed by atoms with Gasteiger partial charge < -0.3 is 14.8 Å². The smallest absolute Gasteiger partial charge is 0.338 e. The third-order valence-corrected chi connectivity index (χ3v) is 3.25. The molecule has 1 aliphatic heterocycles. The first kappa shape index (κ1) is 16.1. The normalized spacial score (nSPS) is 17.4. The second kappa shape index (κ2) is 6.64. The Morgan fingerprint density at radius 1 is 1.36 bits per heavy atom. The fourth-order valence-corrected chi connectivity index (χ4v) is 2.17.